The second-order valence-electron chi connectivity index (χ2n) is 7.13. The molecular weight excluding hydrogens is 398 g/mol. The molecule has 0 atom stereocenters. The second kappa shape index (κ2) is 11.0. The molecule has 0 aliphatic carbocycles. The minimum atomic E-state index is 0.346. The Balaban J connectivity index is 2.12. The van der Waals surface area contributed by atoms with Crippen LogP contribution in [0, 0.1) is 6.92 Å². The van der Waals surface area contributed by atoms with E-state index in [0.29, 0.717) is 57.1 Å². The summed E-state index contributed by atoms with van der Waals surface area (Å²) in [5, 5.41) is 8.10. The number of hydrogen-bond acceptors (Lipinski definition) is 9. The van der Waals surface area contributed by atoms with Crippen LogP contribution < -0.4 is 10.2 Å². The van der Waals surface area contributed by atoms with E-state index in [1.165, 1.54) is 0 Å². The van der Waals surface area contributed by atoms with Crippen molar-refractivity contribution in [1.82, 2.24) is 24.7 Å². The molecule has 31 heavy (non-hydrogen) atoms. The lowest BCUT2D eigenvalue weighted by Crippen LogP contribution is -2.24. The topological polar surface area (TPSA) is 99.5 Å². The number of nitrogens with zero attached hydrogens (tertiary/aromatic N) is 6. The first-order valence-corrected chi connectivity index (χ1v) is 10.3. The van der Waals surface area contributed by atoms with Crippen molar-refractivity contribution in [3.63, 3.8) is 0 Å². The summed E-state index contributed by atoms with van der Waals surface area (Å²) in [5.74, 6) is 1.91. The largest absolute Gasteiger partial charge is 0.383 e. The van der Waals surface area contributed by atoms with E-state index >= 15 is 0 Å². The Bertz CT molecular complexity index is 993. The molecule has 0 bridgehead atoms. The van der Waals surface area contributed by atoms with Crippen molar-refractivity contribution in [3.05, 3.63) is 29.6 Å². The molecule has 3 aromatic rings. The number of anilines is 3. The van der Waals surface area contributed by atoms with Crippen LogP contribution in [0.5, 0.6) is 0 Å². The maximum atomic E-state index is 5.55. The SMILES string of the molecule is CCOCCn1nc(COC)c2nc(N(C)CCOC)nc(Nc3cc(C)ccn3)c21. The van der Waals surface area contributed by atoms with E-state index in [1.54, 1.807) is 20.4 Å². The van der Waals surface area contributed by atoms with E-state index in [4.69, 9.17) is 29.3 Å². The van der Waals surface area contributed by atoms with Gasteiger partial charge in [-0.1, -0.05) is 0 Å². The average molecular weight is 430 g/mol. The Labute approximate surface area is 182 Å². The molecule has 0 unspecified atom stereocenters. The summed E-state index contributed by atoms with van der Waals surface area (Å²) in [5.41, 5.74) is 3.38. The van der Waals surface area contributed by atoms with Crippen molar-refractivity contribution in [2.45, 2.75) is 27.0 Å². The minimum absolute atomic E-state index is 0.346. The van der Waals surface area contributed by atoms with Crippen molar-refractivity contribution >= 4 is 28.6 Å². The fourth-order valence-electron chi connectivity index (χ4n) is 3.13. The molecule has 0 radical (unpaired) electrons. The number of hydrogen-bond donors (Lipinski definition) is 1. The third-order valence-electron chi connectivity index (χ3n) is 4.71. The van der Waals surface area contributed by atoms with Gasteiger partial charge in [0, 0.05) is 40.6 Å². The standard InChI is InChI=1S/C21H31N7O3/c1-6-31-12-10-28-19-18(16(26-28)14-30-5)24-21(27(3)9-11-29-4)25-20(19)23-17-13-15(2)7-8-22-17/h7-8,13H,6,9-12,14H2,1-5H3,(H,22,23,24,25). The summed E-state index contributed by atoms with van der Waals surface area (Å²) in [6, 6.07) is 3.92. The predicted octanol–water partition coefficient (Wildman–Crippen LogP) is 2.54. The lowest BCUT2D eigenvalue weighted by atomic mass is 10.3. The first-order valence-electron chi connectivity index (χ1n) is 10.3. The fraction of sp³-hybridized carbons (Fsp3) is 0.524. The van der Waals surface area contributed by atoms with E-state index in [1.807, 2.05) is 42.6 Å². The molecule has 0 spiro atoms. The number of methoxy groups -OCH3 is 2. The van der Waals surface area contributed by atoms with Gasteiger partial charge in [0.05, 0.1) is 26.4 Å². The van der Waals surface area contributed by atoms with Crippen LogP contribution in [0.3, 0.4) is 0 Å². The maximum Gasteiger partial charge on any atom is 0.227 e. The highest BCUT2D eigenvalue weighted by atomic mass is 16.5. The number of aromatic nitrogens is 5. The van der Waals surface area contributed by atoms with Crippen LogP contribution in [0.4, 0.5) is 17.6 Å². The Morgan fingerprint density at radius 3 is 2.71 bits per heavy atom. The molecule has 10 heteroatoms. The molecule has 3 rings (SSSR count). The summed E-state index contributed by atoms with van der Waals surface area (Å²) < 4.78 is 18.0. The summed E-state index contributed by atoms with van der Waals surface area (Å²) in [6.45, 7) is 7.32. The van der Waals surface area contributed by atoms with Crippen molar-refractivity contribution < 1.29 is 14.2 Å². The van der Waals surface area contributed by atoms with Gasteiger partial charge in [0.25, 0.3) is 0 Å². The van der Waals surface area contributed by atoms with Gasteiger partial charge in [0.15, 0.2) is 5.82 Å². The van der Waals surface area contributed by atoms with E-state index in [9.17, 15) is 0 Å². The van der Waals surface area contributed by atoms with Crippen LogP contribution in [0.2, 0.25) is 0 Å². The minimum Gasteiger partial charge on any atom is -0.383 e. The van der Waals surface area contributed by atoms with E-state index in [2.05, 4.69) is 10.3 Å². The van der Waals surface area contributed by atoms with Crippen LogP contribution in [0.15, 0.2) is 18.3 Å². The highest BCUT2D eigenvalue weighted by molar-refractivity contribution is 5.90. The van der Waals surface area contributed by atoms with E-state index in [-0.39, 0.29) is 0 Å². The average Bonchev–Trinajstić information content (AvgIpc) is 3.10. The number of aryl methyl sites for hydroxylation is 1. The molecular formula is C21H31N7O3. The molecule has 0 amide bonds. The van der Waals surface area contributed by atoms with Gasteiger partial charge in [0.2, 0.25) is 5.95 Å². The monoisotopic (exact) mass is 429 g/mol. The van der Waals surface area contributed by atoms with Crippen LogP contribution in [0.25, 0.3) is 11.0 Å². The Morgan fingerprint density at radius 1 is 1.16 bits per heavy atom. The summed E-state index contributed by atoms with van der Waals surface area (Å²) >= 11 is 0. The highest BCUT2D eigenvalue weighted by Gasteiger charge is 2.20. The molecule has 3 aromatic heterocycles. The molecule has 0 aliphatic heterocycles. The number of fused-ring (bicyclic) bond motifs is 1. The second-order valence-corrected chi connectivity index (χ2v) is 7.13. The first-order chi connectivity index (χ1) is 15.1. The molecule has 10 nitrogen and oxygen atoms in total. The number of likely N-dealkylation sites (N-methyl/N-ethyl adjacent to an activating group) is 1. The van der Waals surface area contributed by atoms with Crippen molar-refractivity contribution in [3.8, 4) is 0 Å². The highest BCUT2D eigenvalue weighted by Crippen LogP contribution is 2.28. The number of nitrogens with one attached hydrogen (secondary N) is 1. The molecule has 0 fully saturated rings. The normalized spacial score (nSPS) is 11.3. The maximum absolute atomic E-state index is 5.55. The molecule has 1 N–H and O–H groups in total. The van der Waals surface area contributed by atoms with Crippen LogP contribution in [-0.2, 0) is 27.4 Å². The van der Waals surface area contributed by atoms with Crippen molar-refractivity contribution in [2.75, 3.05) is 57.8 Å². The van der Waals surface area contributed by atoms with Crippen molar-refractivity contribution in [2.24, 2.45) is 0 Å². The Kier molecular flexibility index (Phi) is 8.10. The molecule has 168 valence electrons. The molecule has 3 heterocycles. The van der Waals surface area contributed by atoms with Crippen molar-refractivity contribution in [1.29, 1.82) is 0 Å². The van der Waals surface area contributed by atoms with Gasteiger partial charge >= 0.3 is 0 Å². The lowest BCUT2D eigenvalue weighted by Gasteiger charge is -2.18. The Morgan fingerprint density at radius 2 is 2.00 bits per heavy atom. The van der Waals surface area contributed by atoms with Crippen LogP contribution in [0.1, 0.15) is 18.2 Å². The van der Waals surface area contributed by atoms with Gasteiger partial charge in [-0.05, 0) is 31.5 Å². The number of rotatable bonds is 12. The summed E-state index contributed by atoms with van der Waals surface area (Å²) in [4.78, 5) is 16.0. The van der Waals surface area contributed by atoms with Crippen LogP contribution in [-0.4, -0.2) is 72.4 Å². The van der Waals surface area contributed by atoms with Gasteiger partial charge in [-0.15, -0.1) is 0 Å². The zero-order chi connectivity index (χ0) is 22.2. The fourth-order valence-corrected chi connectivity index (χ4v) is 3.13. The molecule has 0 aromatic carbocycles. The quantitative estimate of drug-likeness (QED) is 0.435. The number of ether oxygens (including phenoxy) is 3. The molecule has 0 saturated heterocycles. The first kappa shape index (κ1) is 22.9. The van der Waals surface area contributed by atoms with Gasteiger partial charge in [0.1, 0.15) is 22.5 Å². The predicted molar refractivity (Wildman–Crippen MR) is 120 cm³/mol. The molecule has 0 aliphatic rings. The van der Waals surface area contributed by atoms with Gasteiger partial charge < -0.3 is 24.4 Å². The summed E-state index contributed by atoms with van der Waals surface area (Å²) in [6.07, 6.45) is 1.77. The summed E-state index contributed by atoms with van der Waals surface area (Å²) in [7, 11) is 5.26. The van der Waals surface area contributed by atoms with Gasteiger partial charge in [-0.2, -0.15) is 10.1 Å². The van der Waals surface area contributed by atoms with E-state index < -0.39 is 0 Å². The van der Waals surface area contributed by atoms with E-state index in [0.717, 1.165) is 22.3 Å². The third-order valence-corrected chi connectivity index (χ3v) is 4.71. The van der Waals surface area contributed by atoms with Gasteiger partial charge in [-0.25, -0.2) is 9.97 Å². The number of pyridine rings is 1. The smallest absolute Gasteiger partial charge is 0.227 e. The van der Waals surface area contributed by atoms with Crippen LogP contribution >= 0.6 is 0 Å². The zero-order valence-electron chi connectivity index (χ0n) is 18.9. The zero-order valence-corrected chi connectivity index (χ0v) is 18.9. The Hall–Kier alpha value is -2.82. The third kappa shape index (κ3) is 5.66. The molecule has 0 saturated carbocycles. The van der Waals surface area contributed by atoms with Gasteiger partial charge in [-0.3, -0.25) is 4.68 Å². The lowest BCUT2D eigenvalue weighted by molar-refractivity contribution is 0.136.